The van der Waals surface area contributed by atoms with Crippen molar-refractivity contribution >= 4 is 0 Å². The summed E-state index contributed by atoms with van der Waals surface area (Å²) < 4.78 is 0. The van der Waals surface area contributed by atoms with Crippen molar-refractivity contribution in [3.8, 4) is 0 Å². The predicted molar refractivity (Wildman–Crippen MR) is 28.6 cm³/mol. The fraction of sp³-hybridized carbons (Fsp3) is 0. The van der Waals surface area contributed by atoms with Crippen LogP contribution in [0.3, 0.4) is 0 Å². The summed E-state index contributed by atoms with van der Waals surface area (Å²) in [7, 11) is 8.25. The molecule has 0 aliphatic rings. The molecule has 0 aliphatic carbocycles. The van der Waals surface area contributed by atoms with Crippen LogP contribution in [0.15, 0.2) is 0 Å². The molecule has 0 atom stereocenters. The van der Waals surface area contributed by atoms with Crippen LogP contribution in [0, 0.1) is 21.1 Å². The minimum absolute atomic E-state index is 0. The summed E-state index contributed by atoms with van der Waals surface area (Å²) >= 11 is 0. The fourth-order valence-electron chi connectivity index (χ4n) is 0. The van der Waals surface area contributed by atoms with Gasteiger partial charge < -0.3 is 17.2 Å². The molecule has 3 nitrogen and oxygen atoms in total. The third-order valence-electron chi connectivity index (χ3n) is 0. The maximum Gasteiger partial charge on any atom is 0 e. The van der Waals surface area contributed by atoms with Gasteiger partial charge in [0.15, 0.2) is 0 Å². The van der Waals surface area contributed by atoms with Crippen LogP contribution in [0.25, 0.3) is 0 Å². The molecule has 0 spiro atoms. The Hall–Kier alpha value is 0.399. The first kappa shape index (κ1) is 26.2. The molecule has 0 rings (SSSR count). The van der Waals surface area contributed by atoms with Crippen molar-refractivity contribution < 1.29 is 17.1 Å². The molecule has 0 fully saturated rings. The van der Waals surface area contributed by atoms with Crippen LogP contribution >= 0.6 is 0 Å². The molecule has 0 aromatic heterocycles. The van der Waals surface area contributed by atoms with Gasteiger partial charge >= 0.3 is 0 Å². The van der Waals surface area contributed by atoms with Crippen molar-refractivity contribution in [2.45, 2.75) is 0 Å². The van der Waals surface area contributed by atoms with Crippen LogP contribution in [0.2, 0.25) is 0 Å². The number of nitrogens with two attached hydrogens (primary N) is 3. The number of hydrogen-bond donors (Lipinski definition) is 3. The second-order valence-electron chi connectivity index (χ2n) is 0. The van der Waals surface area contributed by atoms with E-state index in [1.807, 2.05) is 0 Å². The fourth-order valence-corrected chi connectivity index (χ4v) is 0. The normalized spacial score (nSPS) is 2.57. The molecule has 0 aliphatic heterocycles. The first-order valence-electron chi connectivity index (χ1n) is 1.22. The molecule has 0 saturated heterocycles. The van der Waals surface area contributed by atoms with Crippen molar-refractivity contribution in [3.05, 3.63) is 21.1 Å². The summed E-state index contributed by atoms with van der Waals surface area (Å²) in [5.74, 6) is 0. The maximum absolute atomic E-state index is 4.25. The van der Waals surface area contributed by atoms with E-state index < -0.39 is 0 Å². The Balaban J connectivity index is -0.00000000900. The number of hydrogen-bond acceptors (Lipinski definition) is 3. The van der Waals surface area contributed by atoms with Crippen LogP contribution in [0.5, 0.6) is 0 Å². The summed E-state index contributed by atoms with van der Waals surface area (Å²) in [6.07, 6.45) is 0. The molecule has 0 amide bonds. The molecule has 1 radical (unpaired) electrons. The van der Waals surface area contributed by atoms with E-state index in [-0.39, 0.29) is 17.1 Å². The molecule has 0 bridgehead atoms. The second-order valence-corrected chi connectivity index (χ2v) is 0. The van der Waals surface area contributed by atoms with Gasteiger partial charge in [0, 0.05) is 17.1 Å². The van der Waals surface area contributed by atoms with Crippen LogP contribution in [0.1, 0.15) is 0 Å². The van der Waals surface area contributed by atoms with Crippen molar-refractivity contribution in [1.29, 1.82) is 0 Å². The molecule has 0 saturated carbocycles. The zero-order valence-electron chi connectivity index (χ0n) is 4.15. The standard InChI is InChI=1S/3CH4N.Cu/c3*1-2;/h3*1-2H2;/q3*-1;. The van der Waals surface area contributed by atoms with Gasteiger partial charge in [-0.05, 0) is 0 Å². The van der Waals surface area contributed by atoms with Gasteiger partial charge in [-0.2, -0.15) is 0 Å². The van der Waals surface area contributed by atoms with E-state index in [4.69, 9.17) is 0 Å². The van der Waals surface area contributed by atoms with Gasteiger partial charge in [-0.3, -0.25) is 21.1 Å². The Bertz CT molecular complexity index is 10.1. The van der Waals surface area contributed by atoms with Gasteiger partial charge in [0.1, 0.15) is 0 Å². The Kier molecular flexibility index (Phi) is 4380. The van der Waals surface area contributed by atoms with E-state index in [0.717, 1.165) is 0 Å². The number of rotatable bonds is 0. The van der Waals surface area contributed by atoms with Gasteiger partial charge in [0.25, 0.3) is 0 Å². The van der Waals surface area contributed by atoms with Crippen molar-refractivity contribution in [2.24, 2.45) is 17.2 Å². The van der Waals surface area contributed by atoms with E-state index in [0.29, 0.717) is 0 Å². The average Bonchev–Trinajstić information content (AvgIpc) is 1.81. The van der Waals surface area contributed by atoms with Crippen LogP contribution < -0.4 is 17.2 Å². The molecule has 53 valence electrons. The van der Waals surface area contributed by atoms with Crippen LogP contribution in [-0.4, -0.2) is 0 Å². The zero-order valence-corrected chi connectivity index (χ0v) is 5.10. The van der Waals surface area contributed by atoms with Gasteiger partial charge in [-0.1, -0.05) is 0 Å². The van der Waals surface area contributed by atoms with Crippen molar-refractivity contribution in [3.63, 3.8) is 0 Å². The summed E-state index contributed by atoms with van der Waals surface area (Å²) in [5.41, 5.74) is 12.8. The van der Waals surface area contributed by atoms with E-state index >= 15 is 0 Å². The summed E-state index contributed by atoms with van der Waals surface area (Å²) in [5, 5.41) is 0. The van der Waals surface area contributed by atoms with Crippen molar-refractivity contribution in [2.75, 3.05) is 0 Å². The van der Waals surface area contributed by atoms with Gasteiger partial charge in [-0.15, -0.1) is 0 Å². The van der Waals surface area contributed by atoms with Crippen LogP contribution in [-0.2, 0) is 17.1 Å². The van der Waals surface area contributed by atoms with Gasteiger partial charge in [0.2, 0.25) is 0 Å². The minimum atomic E-state index is 0. The summed E-state index contributed by atoms with van der Waals surface area (Å²) in [4.78, 5) is 0. The SMILES string of the molecule is [CH2-]N.[CH2-]N.[CH2-]N.[Cu]. The molecule has 0 heterocycles. The minimum Gasteiger partial charge on any atom is -0.486 e. The van der Waals surface area contributed by atoms with E-state index in [2.05, 4.69) is 38.3 Å². The van der Waals surface area contributed by atoms with E-state index in [1.54, 1.807) is 0 Å². The quantitative estimate of drug-likeness (QED) is 0.315. The molecular weight excluding hydrogens is 142 g/mol. The molecule has 0 aromatic rings. The Morgan fingerprint density at radius 1 is 0.571 bits per heavy atom. The van der Waals surface area contributed by atoms with E-state index in [9.17, 15) is 0 Å². The third-order valence-corrected chi connectivity index (χ3v) is 0. The van der Waals surface area contributed by atoms with E-state index in [1.165, 1.54) is 0 Å². The summed E-state index contributed by atoms with van der Waals surface area (Å²) in [6.45, 7) is 0. The smallest absolute Gasteiger partial charge is 0 e. The predicted octanol–water partition coefficient (Wildman–Crippen LogP) is -0.792. The second kappa shape index (κ2) is 1170. The Labute approximate surface area is 56.1 Å². The largest absolute Gasteiger partial charge is 0.486 e. The average molecular weight is 154 g/mol. The van der Waals surface area contributed by atoms with Crippen molar-refractivity contribution in [1.82, 2.24) is 0 Å². The zero-order chi connectivity index (χ0) is 6.00. The summed E-state index contributed by atoms with van der Waals surface area (Å²) in [6, 6.07) is 0. The molecule has 4 heteroatoms. The Morgan fingerprint density at radius 2 is 0.571 bits per heavy atom. The third kappa shape index (κ3) is 776. The van der Waals surface area contributed by atoms with Gasteiger partial charge in [0.05, 0.1) is 0 Å². The first-order chi connectivity index (χ1) is 3.00. The topological polar surface area (TPSA) is 78.1 Å². The monoisotopic (exact) mass is 153 g/mol. The van der Waals surface area contributed by atoms with Gasteiger partial charge in [-0.25, -0.2) is 0 Å². The Morgan fingerprint density at radius 3 is 0.571 bits per heavy atom. The van der Waals surface area contributed by atoms with Crippen LogP contribution in [0.4, 0.5) is 0 Å². The molecule has 6 N–H and O–H groups in total. The first-order valence-corrected chi connectivity index (χ1v) is 1.22. The molecule has 0 unspecified atom stereocenters. The molecule has 7 heavy (non-hydrogen) atoms. The molecular formula is C3H12CuN3-3. The maximum atomic E-state index is 4.25. The molecule has 0 aromatic carbocycles.